The van der Waals surface area contributed by atoms with Gasteiger partial charge in [-0.3, -0.25) is 0 Å². The second-order valence-corrected chi connectivity index (χ2v) is 4.00. The number of hydrogen-bond acceptors (Lipinski definition) is 5. The zero-order valence-corrected chi connectivity index (χ0v) is 10.8. The van der Waals surface area contributed by atoms with E-state index in [1.54, 1.807) is 7.05 Å². The summed E-state index contributed by atoms with van der Waals surface area (Å²) in [5, 5.41) is 11.5. The van der Waals surface area contributed by atoms with Crippen molar-refractivity contribution in [3.8, 4) is 0 Å². The van der Waals surface area contributed by atoms with Crippen LogP contribution in [0.3, 0.4) is 0 Å². The molecule has 0 amide bonds. The van der Waals surface area contributed by atoms with Crippen LogP contribution in [0.4, 0.5) is 24.9 Å². The summed E-state index contributed by atoms with van der Waals surface area (Å²) >= 11 is 0. The van der Waals surface area contributed by atoms with E-state index in [0.717, 1.165) is 12.5 Å². The first-order valence-electron chi connectivity index (χ1n) is 5.90. The van der Waals surface area contributed by atoms with Crippen molar-refractivity contribution in [2.45, 2.75) is 19.5 Å². The van der Waals surface area contributed by atoms with Crippen LogP contribution in [-0.4, -0.2) is 41.8 Å². The largest absolute Gasteiger partial charge is 0.433 e. The van der Waals surface area contributed by atoms with E-state index in [-0.39, 0.29) is 24.9 Å². The summed E-state index contributed by atoms with van der Waals surface area (Å²) < 4.78 is 38.2. The van der Waals surface area contributed by atoms with Gasteiger partial charge in [-0.2, -0.15) is 18.2 Å². The van der Waals surface area contributed by atoms with E-state index in [9.17, 15) is 13.2 Å². The van der Waals surface area contributed by atoms with Gasteiger partial charge in [0.2, 0.25) is 5.95 Å². The van der Waals surface area contributed by atoms with Crippen LogP contribution >= 0.6 is 0 Å². The molecule has 0 aliphatic heterocycles. The molecule has 0 spiro atoms. The number of rotatable bonds is 6. The highest BCUT2D eigenvalue weighted by Gasteiger charge is 2.34. The lowest BCUT2D eigenvalue weighted by Crippen LogP contribution is -2.24. The molecule has 0 aliphatic carbocycles. The summed E-state index contributed by atoms with van der Waals surface area (Å²) in [6.45, 7) is 2.41. The van der Waals surface area contributed by atoms with Crippen molar-refractivity contribution in [3.63, 3.8) is 0 Å². The monoisotopic (exact) mass is 278 g/mol. The maximum Gasteiger partial charge on any atom is 0.433 e. The van der Waals surface area contributed by atoms with Gasteiger partial charge in [-0.25, -0.2) is 4.98 Å². The molecule has 0 atom stereocenters. The Bertz CT molecular complexity index is 411. The van der Waals surface area contributed by atoms with E-state index < -0.39 is 11.9 Å². The Hall–Kier alpha value is -1.57. The molecule has 1 rings (SSSR count). The standard InChI is InChI=1S/C11H17F3N4O/c1-3-4-15-10-16-8(11(12,13)14)7-9(17-10)18(2)5-6-19/h7,19H,3-6H2,1-2H3,(H,15,16,17). The molecule has 0 unspecified atom stereocenters. The number of hydrogen-bond donors (Lipinski definition) is 2. The minimum atomic E-state index is -4.53. The molecule has 0 saturated heterocycles. The first-order chi connectivity index (χ1) is 8.88. The summed E-state index contributed by atoms with van der Waals surface area (Å²) in [6.07, 6.45) is -3.78. The maximum absolute atomic E-state index is 12.7. The van der Waals surface area contributed by atoms with Crippen LogP contribution in [0.2, 0.25) is 0 Å². The average molecular weight is 278 g/mol. The van der Waals surface area contributed by atoms with E-state index in [1.165, 1.54) is 4.90 Å². The Morgan fingerprint density at radius 1 is 1.37 bits per heavy atom. The van der Waals surface area contributed by atoms with Crippen LogP contribution in [-0.2, 0) is 6.18 Å². The van der Waals surface area contributed by atoms with Gasteiger partial charge in [0.1, 0.15) is 5.82 Å². The molecule has 108 valence electrons. The molecule has 0 aliphatic rings. The van der Waals surface area contributed by atoms with Gasteiger partial charge in [0.15, 0.2) is 5.69 Å². The number of aliphatic hydroxyl groups excluding tert-OH is 1. The van der Waals surface area contributed by atoms with Crippen LogP contribution in [0.25, 0.3) is 0 Å². The van der Waals surface area contributed by atoms with Crippen LogP contribution in [0.5, 0.6) is 0 Å². The Balaban J connectivity index is 3.08. The molecule has 1 aromatic heterocycles. The average Bonchev–Trinajstić information content (AvgIpc) is 2.35. The Labute approximate surface area is 109 Å². The van der Waals surface area contributed by atoms with Crippen molar-refractivity contribution < 1.29 is 18.3 Å². The predicted molar refractivity (Wildman–Crippen MR) is 66.2 cm³/mol. The summed E-state index contributed by atoms with van der Waals surface area (Å²) in [7, 11) is 1.56. The highest BCUT2D eigenvalue weighted by molar-refractivity contribution is 5.44. The second-order valence-electron chi connectivity index (χ2n) is 4.00. The lowest BCUT2D eigenvalue weighted by molar-refractivity contribution is -0.141. The van der Waals surface area contributed by atoms with E-state index in [0.29, 0.717) is 6.54 Å². The first kappa shape index (κ1) is 15.5. The smallest absolute Gasteiger partial charge is 0.395 e. The number of nitrogens with one attached hydrogen (secondary N) is 1. The van der Waals surface area contributed by atoms with Gasteiger partial charge in [0.25, 0.3) is 0 Å². The molecule has 19 heavy (non-hydrogen) atoms. The van der Waals surface area contributed by atoms with Gasteiger partial charge in [0.05, 0.1) is 6.61 Å². The molecule has 2 N–H and O–H groups in total. The summed E-state index contributed by atoms with van der Waals surface area (Å²) in [5.41, 5.74) is -0.999. The van der Waals surface area contributed by atoms with Crippen molar-refractivity contribution in [3.05, 3.63) is 11.8 Å². The predicted octanol–water partition coefficient (Wildman–Crippen LogP) is 1.75. The number of likely N-dealkylation sites (N-methyl/N-ethyl adjacent to an activating group) is 1. The first-order valence-corrected chi connectivity index (χ1v) is 5.90. The molecule has 8 heteroatoms. The Morgan fingerprint density at radius 2 is 2.05 bits per heavy atom. The molecule has 0 aromatic carbocycles. The SMILES string of the molecule is CCCNc1nc(N(C)CCO)cc(C(F)(F)F)n1. The number of aliphatic hydroxyl groups is 1. The fourth-order valence-electron chi connectivity index (χ4n) is 1.36. The van der Waals surface area contributed by atoms with Crippen molar-refractivity contribution in [1.29, 1.82) is 0 Å². The number of halogens is 3. The molecule has 0 fully saturated rings. The van der Waals surface area contributed by atoms with Crippen LogP contribution in [0.1, 0.15) is 19.0 Å². The zero-order chi connectivity index (χ0) is 14.5. The fourth-order valence-corrected chi connectivity index (χ4v) is 1.36. The van der Waals surface area contributed by atoms with Crippen LogP contribution in [0, 0.1) is 0 Å². The Kier molecular flexibility index (Phi) is 5.34. The number of anilines is 2. The van der Waals surface area contributed by atoms with E-state index in [2.05, 4.69) is 15.3 Å². The summed E-state index contributed by atoms with van der Waals surface area (Å²) in [4.78, 5) is 8.88. The molecule has 0 saturated carbocycles. The third kappa shape index (κ3) is 4.55. The second kappa shape index (κ2) is 6.55. The maximum atomic E-state index is 12.7. The third-order valence-electron chi connectivity index (χ3n) is 2.36. The minimum Gasteiger partial charge on any atom is -0.395 e. The summed E-state index contributed by atoms with van der Waals surface area (Å²) in [5.74, 6) is 0.0615. The van der Waals surface area contributed by atoms with Crippen LogP contribution < -0.4 is 10.2 Å². The Morgan fingerprint density at radius 3 is 2.58 bits per heavy atom. The number of nitrogens with zero attached hydrogens (tertiary/aromatic N) is 3. The molecular weight excluding hydrogens is 261 g/mol. The lowest BCUT2D eigenvalue weighted by Gasteiger charge is -2.19. The quantitative estimate of drug-likeness (QED) is 0.830. The van der Waals surface area contributed by atoms with Crippen LogP contribution in [0.15, 0.2) is 6.07 Å². The zero-order valence-electron chi connectivity index (χ0n) is 10.8. The molecule has 0 radical (unpaired) electrons. The van der Waals surface area contributed by atoms with E-state index in [1.807, 2.05) is 6.92 Å². The van der Waals surface area contributed by atoms with Crippen molar-refractivity contribution in [2.24, 2.45) is 0 Å². The van der Waals surface area contributed by atoms with Gasteiger partial charge in [-0.15, -0.1) is 0 Å². The molecule has 5 nitrogen and oxygen atoms in total. The van der Waals surface area contributed by atoms with Gasteiger partial charge < -0.3 is 15.3 Å². The number of alkyl halides is 3. The molecule has 0 bridgehead atoms. The summed E-state index contributed by atoms with van der Waals surface area (Å²) in [6, 6.07) is 0.868. The van der Waals surface area contributed by atoms with Crippen molar-refractivity contribution >= 4 is 11.8 Å². The number of aromatic nitrogens is 2. The van der Waals surface area contributed by atoms with Gasteiger partial charge in [-0.05, 0) is 6.42 Å². The highest BCUT2D eigenvalue weighted by Crippen LogP contribution is 2.30. The third-order valence-corrected chi connectivity index (χ3v) is 2.36. The van der Waals surface area contributed by atoms with Gasteiger partial charge in [-0.1, -0.05) is 6.92 Å². The highest BCUT2D eigenvalue weighted by atomic mass is 19.4. The van der Waals surface area contributed by atoms with E-state index in [4.69, 9.17) is 5.11 Å². The molecule has 1 heterocycles. The van der Waals surface area contributed by atoms with Gasteiger partial charge in [0, 0.05) is 26.2 Å². The lowest BCUT2D eigenvalue weighted by atomic mass is 10.3. The van der Waals surface area contributed by atoms with Gasteiger partial charge >= 0.3 is 6.18 Å². The van der Waals surface area contributed by atoms with E-state index >= 15 is 0 Å². The van der Waals surface area contributed by atoms with Crippen molar-refractivity contribution in [2.75, 3.05) is 37.0 Å². The normalized spacial score (nSPS) is 11.5. The fraction of sp³-hybridized carbons (Fsp3) is 0.636. The minimum absolute atomic E-state index is 0.0588. The molecule has 1 aromatic rings. The van der Waals surface area contributed by atoms with Crippen molar-refractivity contribution in [1.82, 2.24) is 9.97 Å². The topological polar surface area (TPSA) is 61.3 Å². The molecular formula is C11H17F3N4O.